The molecule has 0 aromatic heterocycles. The van der Waals surface area contributed by atoms with Gasteiger partial charge in [0.05, 0.1) is 6.61 Å². The van der Waals surface area contributed by atoms with Crippen LogP contribution in [0.3, 0.4) is 0 Å². The van der Waals surface area contributed by atoms with E-state index in [1.807, 2.05) is 19.1 Å². The Hall–Kier alpha value is -4.78. The van der Waals surface area contributed by atoms with Gasteiger partial charge in [-0.3, -0.25) is 28.8 Å². The fraction of sp³-hybridized carbons (Fsp3) is 0.438. The fourth-order valence-electron chi connectivity index (χ4n) is 5.09. The highest BCUT2D eigenvalue weighted by atomic mass is 16.8. The summed E-state index contributed by atoms with van der Waals surface area (Å²) in [7, 11) is 0. The van der Waals surface area contributed by atoms with E-state index >= 15 is 0 Å². The number of anilines is 2. The third-order valence-electron chi connectivity index (χ3n) is 7.30. The summed E-state index contributed by atoms with van der Waals surface area (Å²) in [5.74, 6) is -2.32. The predicted octanol–water partition coefficient (Wildman–Crippen LogP) is 4.02. The normalized spacial score (nSPS) is 14.9. The van der Waals surface area contributed by atoms with Gasteiger partial charge in [0, 0.05) is 62.5 Å². The number of fused-ring (bicyclic) bond motifs is 3. The van der Waals surface area contributed by atoms with Gasteiger partial charge in [-0.05, 0) is 59.4 Å². The molecule has 2 aromatic carbocycles. The summed E-state index contributed by atoms with van der Waals surface area (Å²) in [6.45, 7) is 5.07. The van der Waals surface area contributed by atoms with Crippen LogP contribution in [0.5, 0.6) is 0 Å². The van der Waals surface area contributed by atoms with Gasteiger partial charge in [-0.25, -0.2) is 4.79 Å². The molecule has 0 spiro atoms. The zero-order chi connectivity index (χ0) is 32.3. The molecule has 1 aliphatic heterocycles. The summed E-state index contributed by atoms with van der Waals surface area (Å²) in [4.78, 5) is 77.7. The van der Waals surface area contributed by atoms with Gasteiger partial charge in [0.1, 0.15) is 6.61 Å². The molecule has 0 radical (unpaired) electrons. The Balaban J connectivity index is 1.41. The second kappa shape index (κ2) is 15.8. The van der Waals surface area contributed by atoms with Crippen molar-refractivity contribution in [2.75, 3.05) is 37.0 Å². The van der Waals surface area contributed by atoms with Gasteiger partial charge in [-0.15, -0.1) is 0 Å². The molecule has 1 unspecified atom stereocenters. The quantitative estimate of drug-likeness (QED) is 0.151. The summed E-state index contributed by atoms with van der Waals surface area (Å²) in [5, 5.41) is 8.88. The van der Waals surface area contributed by atoms with Crippen molar-refractivity contribution < 1.29 is 43.1 Å². The molecule has 0 saturated carbocycles. The number of nitrogens with zero attached hydrogens (tertiary/aromatic N) is 1. The highest BCUT2D eigenvalue weighted by molar-refractivity contribution is 6.01. The SMILES string of the molecule is CCCOCCNC(=O)CCCC(=O)Nc1ccc2c(c1)C(COC(=O)ON1C(=O)CCC1=O)c1cc(NC(=O)CC)ccc1-2. The Morgan fingerprint density at radius 2 is 1.42 bits per heavy atom. The van der Waals surface area contributed by atoms with E-state index in [4.69, 9.17) is 14.3 Å². The molecule has 240 valence electrons. The van der Waals surface area contributed by atoms with Crippen molar-refractivity contribution in [1.82, 2.24) is 10.4 Å². The second-order valence-corrected chi connectivity index (χ2v) is 10.7. The minimum Gasteiger partial charge on any atom is -0.432 e. The number of benzene rings is 2. The minimum absolute atomic E-state index is 0.0437. The lowest BCUT2D eigenvalue weighted by atomic mass is 9.97. The average molecular weight is 623 g/mol. The lowest BCUT2D eigenvalue weighted by Gasteiger charge is -2.17. The molecule has 45 heavy (non-hydrogen) atoms. The zero-order valence-electron chi connectivity index (χ0n) is 25.4. The van der Waals surface area contributed by atoms with Gasteiger partial charge in [0.2, 0.25) is 17.7 Å². The van der Waals surface area contributed by atoms with Crippen LogP contribution in [0.4, 0.5) is 16.2 Å². The number of amides is 5. The van der Waals surface area contributed by atoms with E-state index in [1.165, 1.54) is 0 Å². The van der Waals surface area contributed by atoms with Crippen molar-refractivity contribution in [2.45, 2.75) is 64.7 Å². The minimum atomic E-state index is -1.20. The Labute approximate surface area is 260 Å². The van der Waals surface area contributed by atoms with E-state index in [1.54, 1.807) is 31.2 Å². The van der Waals surface area contributed by atoms with Gasteiger partial charge < -0.3 is 25.4 Å². The van der Waals surface area contributed by atoms with E-state index in [0.717, 1.165) is 28.7 Å². The zero-order valence-corrected chi connectivity index (χ0v) is 25.4. The second-order valence-electron chi connectivity index (χ2n) is 10.7. The van der Waals surface area contributed by atoms with Gasteiger partial charge in [0.25, 0.3) is 11.8 Å². The van der Waals surface area contributed by atoms with Crippen LogP contribution < -0.4 is 16.0 Å². The monoisotopic (exact) mass is 622 g/mol. The van der Waals surface area contributed by atoms with Crippen molar-refractivity contribution >= 4 is 47.1 Å². The molecule has 13 heteroatoms. The lowest BCUT2D eigenvalue weighted by Crippen LogP contribution is -2.32. The number of rotatable bonds is 15. The van der Waals surface area contributed by atoms with Crippen LogP contribution >= 0.6 is 0 Å². The molecule has 13 nitrogen and oxygen atoms in total. The molecule has 3 N–H and O–H groups in total. The maximum absolute atomic E-state index is 12.7. The topological polar surface area (TPSA) is 169 Å². The molecule has 0 bridgehead atoms. The summed E-state index contributed by atoms with van der Waals surface area (Å²) in [6, 6.07) is 10.8. The average Bonchev–Trinajstić information content (AvgIpc) is 3.50. The molecule has 2 aliphatic rings. The van der Waals surface area contributed by atoms with E-state index in [-0.39, 0.29) is 50.0 Å². The fourth-order valence-corrected chi connectivity index (χ4v) is 5.09. The molecule has 1 fully saturated rings. The third-order valence-corrected chi connectivity index (χ3v) is 7.30. The largest absolute Gasteiger partial charge is 0.533 e. The van der Waals surface area contributed by atoms with E-state index in [9.17, 15) is 28.8 Å². The lowest BCUT2D eigenvalue weighted by molar-refractivity contribution is -0.177. The first kappa shape index (κ1) is 33.1. The van der Waals surface area contributed by atoms with E-state index < -0.39 is 23.9 Å². The van der Waals surface area contributed by atoms with Crippen molar-refractivity contribution in [3.05, 3.63) is 47.5 Å². The Morgan fingerprint density at radius 3 is 2.02 bits per heavy atom. The number of hydrogen-bond donors (Lipinski definition) is 3. The highest BCUT2D eigenvalue weighted by Gasteiger charge is 2.35. The molecule has 1 heterocycles. The predicted molar refractivity (Wildman–Crippen MR) is 163 cm³/mol. The standard InChI is InChI=1S/C32H38N4O9/c1-3-15-43-16-14-33-28(38)6-5-7-29(39)35-21-9-11-23-22-10-8-20(34-27(37)4-2)17-24(22)26(25(23)18-21)19-44-32(42)45-36-30(40)12-13-31(36)41/h8-11,17-18,26H,3-7,12-16,19H2,1-2H3,(H,33,38)(H,34,37)(H,35,39). The number of carbonyl (C=O) groups excluding carboxylic acids is 6. The van der Waals surface area contributed by atoms with Crippen molar-refractivity contribution in [2.24, 2.45) is 0 Å². The van der Waals surface area contributed by atoms with Crippen LogP contribution in [-0.2, 0) is 38.3 Å². The number of hydrogen-bond acceptors (Lipinski definition) is 9. The van der Waals surface area contributed by atoms with Crippen LogP contribution in [0, 0.1) is 0 Å². The molecular weight excluding hydrogens is 584 g/mol. The maximum Gasteiger partial charge on any atom is 0.533 e. The number of carbonyl (C=O) groups is 6. The summed E-state index contributed by atoms with van der Waals surface area (Å²) < 4.78 is 10.7. The molecule has 1 saturated heterocycles. The van der Waals surface area contributed by atoms with Gasteiger partial charge in [-0.1, -0.05) is 31.0 Å². The van der Waals surface area contributed by atoms with E-state index in [2.05, 4.69) is 16.0 Å². The third kappa shape index (κ3) is 8.88. The van der Waals surface area contributed by atoms with Gasteiger partial charge >= 0.3 is 6.16 Å². The molecule has 4 rings (SSSR count). The van der Waals surface area contributed by atoms with Gasteiger partial charge in [-0.2, -0.15) is 0 Å². The van der Waals surface area contributed by atoms with Crippen LogP contribution in [-0.4, -0.2) is 67.1 Å². The Morgan fingerprint density at radius 1 is 0.822 bits per heavy atom. The first-order valence-corrected chi connectivity index (χ1v) is 15.1. The maximum atomic E-state index is 12.7. The van der Waals surface area contributed by atoms with Crippen LogP contribution in [0.15, 0.2) is 36.4 Å². The molecule has 1 atom stereocenters. The highest BCUT2D eigenvalue weighted by Crippen LogP contribution is 2.47. The number of ether oxygens (including phenoxy) is 2. The molecule has 2 aromatic rings. The summed E-state index contributed by atoms with van der Waals surface area (Å²) >= 11 is 0. The number of nitrogens with one attached hydrogen (secondary N) is 3. The number of hydroxylamine groups is 2. The summed E-state index contributed by atoms with van der Waals surface area (Å²) in [5.41, 5.74) is 4.32. The Bertz CT molecular complexity index is 1440. The van der Waals surface area contributed by atoms with Crippen molar-refractivity contribution in [3.63, 3.8) is 0 Å². The molecular formula is C32H38N4O9. The molecule has 1 aliphatic carbocycles. The van der Waals surface area contributed by atoms with Crippen LogP contribution in [0.25, 0.3) is 11.1 Å². The first-order valence-electron chi connectivity index (χ1n) is 15.1. The summed E-state index contributed by atoms with van der Waals surface area (Å²) in [6.07, 6.45) is 0.642. The first-order chi connectivity index (χ1) is 21.7. The molecule has 5 amide bonds. The van der Waals surface area contributed by atoms with Crippen LogP contribution in [0.1, 0.15) is 75.8 Å². The van der Waals surface area contributed by atoms with Crippen molar-refractivity contribution in [1.29, 1.82) is 0 Å². The Kier molecular flexibility index (Phi) is 11.6. The van der Waals surface area contributed by atoms with Gasteiger partial charge in [0.15, 0.2) is 0 Å². The number of imide groups is 1. The van der Waals surface area contributed by atoms with Crippen molar-refractivity contribution in [3.8, 4) is 11.1 Å². The van der Waals surface area contributed by atoms with E-state index in [0.29, 0.717) is 49.0 Å². The van der Waals surface area contributed by atoms with Crippen LogP contribution in [0.2, 0.25) is 0 Å². The smallest absolute Gasteiger partial charge is 0.432 e.